The van der Waals surface area contributed by atoms with Crippen molar-refractivity contribution in [2.24, 2.45) is 0 Å². The van der Waals surface area contributed by atoms with Gasteiger partial charge in [-0.2, -0.15) is 0 Å². The summed E-state index contributed by atoms with van der Waals surface area (Å²) in [6.07, 6.45) is 0.613. The first-order chi connectivity index (χ1) is 10.2. The summed E-state index contributed by atoms with van der Waals surface area (Å²) in [4.78, 5) is 11.5. The molecule has 1 aromatic carbocycles. The van der Waals surface area contributed by atoms with Gasteiger partial charge in [-0.15, -0.1) is 10.2 Å². The molecule has 7 heteroatoms. The first-order valence-corrected chi connectivity index (χ1v) is 6.53. The highest BCUT2D eigenvalue weighted by Gasteiger charge is 2.10. The van der Waals surface area contributed by atoms with E-state index in [1.807, 2.05) is 0 Å². The molecule has 1 aromatic heterocycles. The van der Waals surface area contributed by atoms with Crippen LogP contribution in [-0.4, -0.2) is 36.4 Å². The van der Waals surface area contributed by atoms with E-state index in [9.17, 15) is 9.18 Å². The number of amides is 1. The van der Waals surface area contributed by atoms with Gasteiger partial charge in [0.25, 0.3) is 0 Å². The van der Waals surface area contributed by atoms with Crippen LogP contribution in [0.4, 0.5) is 4.39 Å². The maximum absolute atomic E-state index is 12.8. The van der Waals surface area contributed by atoms with Crippen LogP contribution in [0, 0.1) is 5.82 Å². The Balaban J connectivity index is 1.86. The summed E-state index contributed by atoms with van der Waals surface area (Å²) >= 11 is 0. The normalized spacial score (nSPS) is 10.6. The van der Waals surface area contributed by atoms with Gasteiger partial charge in [0.1, 0.15) is 5.82 Å². The van der Waals surface area contributed by atoms with E-state index in [1.165, 1.54) is 12.1 Å². The van der Waals surface area contributed by atoms with Gasteiger partial charge in [-0.25, -0.2) is 4.39 Å². The number of carbonyl (C=O) groups is 1. The number of aromatic nitrogens is 2. The van der Waals surface area contributed by atoms with Crippen LogP contribution in [0.2, 0.25) is 0 Å². The first kappa shape index (κ1) is 15.1. The van der Waals surface area contributed by atoms with Gasteiger partial charge in [-0.3, -0.25) is 4.79 Å². The van der Waals surface area contributed by atoms with Gasteiger partial charge in [0.05, 0.1) is 6.61 Å². The molecule has 0 spiro atoms. The van der Waals surface area contributed by atoms with Crippen LogP contribution in [-0.2, 0) is 16.0 Å². The molecule has 112 valence electrons. The molecule has 0 unspecified atom stereocenters. The Morgan fingerprint density at radius 2 is 2.10 bits per heavy atom. The van der Waals surface area contributed by atoms with Crippen molar-refractivity contribution in [1.29, 1.82) is 0 Å². The molecule has 1 heterocycles. The number of nitrogens with one attached hydrogen (secondary N) is 1. The lowest BCUT2D eigenvalue weighted by molar-refractivity contribution is -0.121. The Hall–Kier alpha value is -2.28. The fraction of sp³-hybridized carbons (Fsp3) is 0.357. The molecule has 0 saturated heterocycles. The van der Waals surface area contributed by atoms with Crippen molar-refractivity contribution in [1.82, 2.24) is 15.5 Å². The van der Waals surface area contributed by atoms with Gasteiger partial charge in [0.15, 0.2) is 0 Å². The highest BCUT2D eigenvalue weighted by Crippen LogP contribution is 2.18. The number of nitrogens with zero attached hydrogens (tertiary/aromatic N) is 2. The third-order valence-electron chi connectivity index (χ3n) is 2.75. The van der Waals surface area contributed by atoms with E-state index in [0.717, 1.165) is 0 Å². The summed E-state index contributed by atoms with van der Waals surface area (Å²) < 4.78 is 23.1. The maximum atomic E-state index is 12.8. The molecule has 2 rings (SSSR count). The molecule has 0 bridgehead atoms. The second-order valence-electron chi connectivity index (χ2n) is 4.35. The van der Waals surface area contributed by atoms with Crippen LogP contribution in [0.1, 0.15) is 12.3 Å². The molecular weight excluding hydrogens is 277 g/mol. The number of rotatable bonds is 7. The number of carbonyl (C=O) groups excluding carboxylic acids is 1. The standard InChI is InChI=1S/C14H16FN3O3/c1-20-9-8-16-12(19)6-7-13-17-18-14(21-13)10-2-4-11(15)5-3-10/h2-5H,6-9H2,1H3,(H,16,19). The number of benzene rings is 1. The smallest absolute Gasteiger partial charge is 0.247 e. The average Bonchev–Trinajstić information content (AvgIpc) is 2.95. The summed E-state index contributed by atoms with van der Waals surface area (Å²) in [5, 5.41) is 10.5. The summed E-state index contributed by atoms with van der Waals surface area (Å²) in [5.74, 6) is 0.251. The molecule has 1 N–H and O–H groups in total. The van der Waals surface area contributed by atoms with E-state index >= 15 is 0 Å². The van der Waals surface area contributed by atoms with Gasteiger partial charge < -0.3 is 14.5 Å². The topological polar surface area (TPSA) is 77.2 Å². The van der Waals surface area contributed by atoms with Crippen molar-refractivity contribution in [3.63, 3.8) is 0 Å². The van der Waals surface area contributed by atoms with Crippen LogP contribution in [0.25, 0.3) is 11.5 Å². The lowest BCUT2D eigenvalue weighted by atomic mass is 10.2. The second kappa shape index (κ2) is 7.49. The first-order valence-electron chi connectivity index (χ1n) is 6.53. The molecule has 2 aromatic rings. The molecule has 0 radical (unpaired) electrons. The van der Waals surface area contributed by atoms with Crippen molar-refractivity contribution in [2.75, 3.05) is 20.3 Å². The number of methoxy groups -OCH3 is 1. The van der Waals surface area contributed by atoms with E-state index in [1.54, 1.807) is 19.2 Å². The number of hydrogen-bond acceptors (Lipinski definition) is 5. The molecular formula is C14H16FN3O3. The lowest BCUT2D eigenvalue weighted by Crippen LogP contribution is -2.27. The monoisotopic (exact) mass is 293 g/mol. The number of ether oxygens (including phenoxy) is 1. The highest BCUT2D eigenvalue weighted by atomic mass is 19.1. The number of hydrogen-bond donors (Lipinski definition) is 1. The van der Waals surface area contributed by atoms with Crippen molar-refractivity contribution in [3.8, 4) is 11.5 Å². The Morgan fingerprint density at radius 1 is 1.33 bits per heavy atom. The molecule has 1 amide bonds. The Bertz CT molecular complexity index is 583. The minimum Gasteiger partial charge on any atom is -0.421 e. The number of halogens is 1. The molecule has 0 atom stereocenters. The molecule has 0 aliphatic heterocycles. The number of aryl methyl sites for hydroxylation is 1. The summed E-state index contributed by atoms with van der Waals surface area (Å²) in [5.41, 5.74) is 0.639. The zero-order valence-electron chi connectivity index (χ0n) is 11.6. The zero-order chi connectivity index (χ0) is 15.1. The Morgan fingerprint density at radius 3 is 2.81 bits per heavy atom. The van der Waals surface area contributed by atoms with E-state index < -0.39 is 0 Å². The SMILES string of the molecule is COCCNC(=O)CCc1nnc(-c2ccc(F)cc2)o1. The van der Waals surface area contributed by atoms with Crippen LogP contribution in [0.5, 0.6) is 0 Å². The van der Waals surface area contributed by atoms with Gasteiger partial charge in [0, 0.05) is 32.1 Å². The zero-order valence-corrected chi connectivity index (χ0v) is 11.6. The Kier molecular flexibility index (Phi) is 5.39. The van der Waals surface area contributed by atoms with Gasteiger partial charge in [0.2, 0.25) is 17.7 Å². The van der Waals surface area contributed by atoms with E-state index in [4.69, 9.17) is 9.15 Å². The minimum absolute atomic E-state index is 0.103. The van der Waals surface area contributed by atoms with Crippen LogP contribution in [0.3, 0.4) is 0 Å². The van der Waals surface area contributed by atoms with Crippen LogP contribution >= 0.6 is 0 Å². The molecule has 6 nitrogen and oxygen atoms in total. The van der Waals surface area contributed by atoms with Crippen LogP contribution < -0.4 is 5.32 Å². The summed E-state index contributed by atoms with van der Waals surface area (Å²) in [7, 11) is 1.57. The molecule has 0 saturated carbocycles. The van der Waals surface area contributed by atoms with E-state index in [0.29, 0.717) is 36.9 Å². The average molecular weight is 293 g/mol. The third-order valence-corrected chi connectivity index (χ3v) is 2.75. The van der Waals surface area contributed by atoms with Gasteiger partial charge >= 0.3 is 0 Å². The highest BCUT2D eigenvalue weighted by molar-refractivity contribution is 5.75. The van der Waals surface area contributed by atoms with Crippen molar-refractivity contribution < 1.29 is 18.3 Å². The second-order valence-corrected chi connectivity index (χ2v) is 4.35. The van der Waals surface area contributed by atoms with Crippen LogP contribution in [0.15, 0.2) is 28.7 Å². The predicted molar refractivity (Wildman–Crippen MR) is 72.9 cm³/mol. The maximum Gasteiger partial charge on any atom is 0.247 e. The fourth-order valence-corrected chi connectivity index (χ4v) is 1.67. The summed E-state index contributed by atoms with van der Waals surface area (Å²) in [6, 6.07) is 5.76. The molecule has 0 aliphatic carbocycles. The third kappa shape index (κ3) is 4.64. The summed E-state index contributed by atoms with van der Waals surface area (Å²) in [6.45, 7) is 0.945. The van der Waals surface area contributed by atoms with Gasteiger partial charge in [-0.05, 0) is 24.3 Å². The van der Waals surface area contributed by atoms with Gasteiger partial charge in [-0.1, -0.05) is 0 Å². The minimum atomic E-state index is -0.328. The lowest BCUT2D eigenvalue weighted by Gasteiger charge is -2.02. The molecule has 0 aliphatic rings. The van der Waals surface area contributed by atoms with Crippen molar-refractivity contribution in [2.45, 2.75) is 12.8 Å². The Labute approximate surface area is 121 Å². The van der Waals surface area contributed by atoms with Crippen molar-refractivity contribution >= 4 is 5.91 Å². The van der Waals surface area contributed by atoms with E-state index in [-0.39, 0.29) is 18.1 Å². The largest absolute Gasteiger partial charge is 0.421 e. The fourth-order valence-electron chi connectivity index (χ4n) is 1.67. The predicted octanol–water partition coefficient (Wildman–Crippen LogP) is 1.57. The van der Waals surface area contributed by atoms with Crippen molar-refractivity contribution in [3.05, 3.63) is 36.0 Å². The van der Waals surface area contributed by atoms with E-state index in [2.05, 4.69) is 15.5 Å². The molecule has 21 heavy (non-hydrogen) atoms. The molecule has 0 fully saturated rings. The quantitative estimate of drug-likeness (QED) is 0.784.